The summed E-state index contributed by atoms with van der Waals surface area (Å²) in [4.78, 5) is 34.9. The molecular formula is C17H31O10P. The van der Waals surface area contributed by atoms with Crippen LogP contribution in [0.1, 0.15) is 34.6 Å². The number of aliphatic hydroxyl groups is 3. The summed E-state index contributed by atoms with van der Waals surface area (Å²) in [5, 5.41) is 29.2. The van der Waals surface area contributed by atoms with Crippen molar-refractivity contribution in [1.29, 1.82) is 0 Å². The van der Waals surface area contributed by atoms with Crippen molar-refractivity contribution in [3.05, 3.63) is 0 Å². The summed E-state index contributed by atoms with van der Waals surface area (Å²) in [7, 11) is 3.34. The van der Waals surface area contributed by atoms with Crippen LogP contribution in [0.4, 0.5) is 0 Å². The molecule has 0 aromatic heterocycles. The van der Waals surface area contributed by atoms with E-state index in [4.69, 9.17) is 24.1 Å². The Balaban J connectivity index is 5.43. The molecule has 0 aromatic carbocycles. The van der Waals surface area contributed by atoms with Gasteiger partial charge in [-0.3, -0.25) is 4.79 Å². The minimum atomic E-state index is -1.52. The van der Waals surface area contributed by atoms with Crippen molar-refractivity contribution < 1.29 is 48.7 Å². The monoisotopic (exact) mass is 426 g/mol. The van der Waals surface area contributed by atoms with Gasteiger partial charge in [0.2, 0.25) is 0 Å². The smallest absolute Gasteiger partial charge is 0.347 e. The fraction of sp³-hybridized carbons (Fsp3) is 0.824. The number of hydrogen-bond donors (Lipinski definition) is 3. The molecule has 3 N–H and O–H groups in total. The van der Waals surface area contributed by atoms with Crippen molar-refractivity contribution in [3.8, 4) is 0 Å². The topological polar surface area (TPSA) is 149 Å². The summed E-state index contributed by atoms with van der Waals surface area (Å²) in [5.41, 5.74) is 0. The zero-order valence-corrected chi connectivity index (χ0v) is 18.1. The second-order valence-electron chi connectivity index (χ2n) is 6.51. The van der Waals surface area contributed by atoms with Crippen LogP contribution in [-0.2, 0) is 33.3 Å². The third-order valence-corrected chi connectivity index (χ3v) is 4.42. The lowest BCUT2D eigenvalue weighted by molar-refractivity contribution is -0.189. The molecule has 0 saturated heterocycles. The zero-order chi connectivity index (χ0) is 22.2. The van der Waals surface area contributed by atoms with Gasteiger partial charge in [-0.15, -0.1) is 9.24 Å². The van der Waals surface area contributed by atoms with Crippen LogP contribution in [0.2, 0.25) is 0 Å². The van der Waals surface area contributed by atoms with Gasteiger partial charge in [0.25, 0.3) is 0 Å². The molecule has 0 fully saturated rings. The van der Waals surface area contributed by atoms with Gasteiger partial charge in [0.05, 0.1) is 11.9 Å². The van der Waals surface area contributed by atoms with Crippen LogP contribution < -0.4 is 0 Å². The lowest BCUT2D eigenvalue weighted by Crippen LogP contribution is -2.50. The first-order valence-corrected chi connectivity index (χ1v) is 9.40. The molecule has 164 valence electrons. The highest BCUT2D eigenvalue weighted by Gasteiger charge is 2.40. The number of esters is 3. The molecule has 0 spiro atoms. The largest absolute Gasteiger partial charge is 0.460 e. The molecule has 0 aliphatic rings. The number of rotatable bonds is 11. The van der Waals surface area contributed by atoms with Gasteiger partial charge >= 0.3 is 17.9 Å². The average Bonchev–Trinajstić information content (AvgIpc) is 2.58. The Hall–Kier alpha value is -1.32. The maximum absolute atomic E-state index is 12.3. The summed E-state index contributed by atoms with van der Waals surface area (Å²) in [5.74, 6) is -4.62. The predicted molar refractivity (Wildman–Crippen MR) is 100 cm³/mol. The molecule has 0 aliphatic carbocycles. The lowest BCUT2D eigenvalue weighted by Gasteiger charge is -2.36. The van der Waals surface area contributed by atoms with Crippen molar-refractivity contribution in [2.75, 3.05) is 7.11 Å². The SMILES string of the molecule is COC(C(C)OC(C)=O)C(C)C(OC(=O)C(C)OC(=O)C(C)O)C(O)C(O)P. The molecule has 0 saturated carbocycles. The van der Waals surface area contributed by atoms with E-state index >= 15 is 0 Å². The van der Waals surface area contributed by atoms with E-state index in [0.29, 0.717) is 0 Å². The molecule has 9 unspecified atom stereocenters. The maximum Gasteiger partial charge on any atom is 0.347 e. The van der Waals surface area contributed by atoms with Gasteiger partial charge in [-0.25, -0.2) is 9.59 Å². The second kappa shape index (κ2) is 12.3. The molecule has 11 heteroatoms. The Kier molecular flexibility index (Phi) is 11.7. The Bertz CT molecular complexity index is 524. The Morgan fingerprint density at radius 1 is 0.857 bits per heavy atom. The van der Waals surface area contributed by atoms with E-state index in [1.165, 1.54) is 27.9 Å². The fourth-order valence-electron chi connectivity index (χ4n) is 2.58. The first kappa shape index (κ1) is 26.7. The van der Waals surface area contributed by atoms with Gasteiger partial charge in [-0.1, -0.05) is 6.92 Å². The molecule has 0 rings (SSSR count). The Morgan fingerprint density at radius 3 is 1.79 bits per heavy atom. The molecule has 0 bridgehead atoms. The number of carbonyl (C=O) groups is 3. The number of ether oxygens (including phenoxy) is 4. The average molecular weight is 426 g/mol. The molecule has 28 heavy (non-hydrogen) atoms. The number of carbonyl (C=O) groups excluding carboxylic acids is 3. The van der Waals surface area contributed by atoms with Crippen molar-refractivity contribution in [3.63, 3.8) is 0 Å². The Labute approximate surface area is 166 Å². The first-order valence-electron chi connectivity index (χ1n) is 8.74. The minimum absolute atomic E-state index is 0.541. The summed E-state index contributed by atoms with van der Waals surface area (Å²) in [6.07, 6.45) is -7.11. The number of methoxy groups -OCH3 is 1. The van der Waals surface area contributed by atoms with Gasteiger partial charge in [0.1, 0.15) is 24.4 Å². The van der Waals surface area contributed by atoms with E-state index in [1.807, 2.05) is 9.24 Å². The quantitative estimate of drug-likeness (QED) is 0.221. The third kappa shape index (κ3) is 8.36. The molecule has 9 atom stereocenters. The van der Waals surface area contributed by atoms with Crippen LogP contribution in [0.25, 0.3) is 0 Å². The van der Waals surface area contributed by atoms with Crippen LogP contribution in [0.15, 0.2) is 0 Å². The van der Waals surface area contributed by atoms with Gasteiger partial charge in [0.15, 0.2) is 6.10 Å². The molecule has 10 nitrogen and oxygen atoms in total. The van der Waals surface area contributed by atoms with E-state index in [-0.39, 0.29) is 0 Å². The zero-order valence-electron chi connectivity index (χ0n) is 16.9. The lowest BCUT2D eigenvalue weighted by atomic mass is 9.91. The van der Waals surface area contributed by atoms with E-state index in [0.717, 1.165) is 0 Å². The van der Waals surface area contributed by atoms with Gasteiger partial charge < -0.3 is 34.3 Å². The molecule has 0 radical (unpaired) electrons. The first-order chi connectivity index (χ1) is 12.8. The van der Waals surface area contributed by atoms with Gasteiger partial charge in [0, 0.05) is 20.0 Å². The van der Waals surface area contributed by atoms with Crippen molar-refractivity contribution in [2.24, 2.45) is 5.92 Å². The molecule has 0 heterocycles. The van der Waals surface area contributed by atoms with E-state index in [9.17, 15) is 24.6 Å². The van der Waals surface area contributed by atoms with E-state index in [1.54, 1.807) is 13.8 Å². The molecule has 0 aliphatic heterocycles. The summed E-state index contributed by atoms with van der Waals surface area (Å²) >= 11 is 0. The fourth-order valence-corrected chi connectivity index (χ4v) is 2.80. The predicted octanol–water partition coefficient (Wildman–Crippen LogP) is -0.632. The highest BCUT2D eigenvalue weighted by atomic mass is 31.0. The highest BCUT2D eigenvalue weighted by Crippen LogP contribution is 2.25. The maximum atomic E-state index is 12.3. The summed E-state index contributed by atoms with van der Waals surface area (Å²) < 4.78 is 20.5. The molecular weight excluding hydrogens is 395 g/mol. The van der Waals surface area contributed by atoms with E-state index < -0.39 is 66.3 Å². The van der Waals surface area contributed by atoms with E-state index in [2.05, 4.69) is 0 Å². The second-order valence-corrected chi connectivity index (χ2v) is 7.19. The molecule has 0 amide bonds. The van der Waals surface area contributed by atoms with Crippen LogP contribution in [0.3, 0.4) is 0 Å². The number of hydrogen-bond acceptors (Lipinski definition) is 10. The van der Waals surface area contributed by atoms with Gasteiger partial charge in [-0.05, 0) is 20.8 Å². The standard InChI is InChI=1S/C17H31O10P/c1-7(13(24-6)9(3)25-11(5)19)14(12(20)17(23)28)27-16(22)10(4)26-15(21)8(2)18/h7-10,12-14,17-18,20,23H,28H2,1-6H3. The summed E-state index contributed by atoms with van der Waals surface area (Å²) in [6.45, 7) is 6.80. The minimum Gasteiger partial charge on any atom is -0.460 e. The normalized spacial score (nSPS) is 19.9. The highest BCUT2D eigenvalue weighted by molar-refractivity contribution is 7.17. The molecule has 0 aromatic rings. The Morgan fingerprint density at radius 2 is 1.39 bits per heavy atom. The third-order valence-electron chi connectivity index (χ3n) is 4.03. The van der Waals surface area contributed by atoms with Crippen LogP contribution in [-0.4, -0.2) is 82.8 Å². The van der Waals surface area contributed by atoms with Crippen LogP contribution in [0.5, 0.6) is 0 Å². The van der Waals surface area contributed by atoms with Crippen LogP contribution >= 0.6 is 9.24 Å². The summed E-state index contributed by atoms with van der Waals surface area (Å²) in [6, 6.07) is 0. The van der Waals surface area contributed by atoms with Gasteiger partial charge in [-0.2, -0.15) is 0 Å². The van der Waals surface area contributed by atoms with Crippen molar-refractivity contribution >= 4 is 27.1 Å². The number of aliphatic hydroxyl groups excluding tert-OH is 3. The van der Waals surface area contributed by atoms with Crippen molar-refractivity contribution in [2.45, 2.75) is 77.1 Å². The van der Waals surface area contributed by atoms with Crippen molar-refractivity contribution in [1.82, 2.24) is 0 Å². The van der Waals surface area contributed by atoms with Crippen LogP contribution in [0, 0.1) is 5.92 Å².